The molecule has 0 bridgehead atoms. The molecule has 0 heterocycles. The van der Waals surface area contributed by atoms with Gasteiger partial charge in [0.05, 0.1) is 16.8 Å². The quantitative estimate of drug-likeness (QED) is 0.785. The van der Waals surface area contributed by atoms with Gasteiger partial charge in [-0.3, -0.25) is 0 Å². The van der Waals surface area contributed by atoms with Gasteiger partial charge in [0.25, 0.3) is 0 Å². The molecule has 0 fully saturated rings. The highest BCUT2D eigenvalue weighted by molar-refractivity contribution is 6.35. The molecule has 0 amide bonds. The number of phenols is 1. The summed E-state index contributed by atoms with van der Waals surface area (Å²) < 4.78 is 0. The molecule has 0 spiro atoms. The fraction of sp³-hybridized carbons (Fsp3) is 0.250. The van der Waals surface area contributed by atoms with Gasteiger partial charge in [0, 0.05) is 10.6 Å². The average Bonchev–Trinajstić information content (AvgIpc) is 2.38. The Morgan fingerprint density at radius 3 is 2.45 bits per heavy atom. The lowest BCUT2D eigenvalue weighted by Gasteiger charge is -2.19. The second-order valence-electron chi connectivity index (χ2n) is 5.01. The van der Waals surface area contributed by atoms with Crippen LogP contribution in [0.15, 0.2) is 30.3 Å². The summed E-state index contributed by atoms with van der Waals surface area (Å²) in [6.07, 6.45) is 0. The molecule has 0 aromatic heterocycles. The Kier molecular flexibility index (Phi) is 4.46. The smallest absolute Gasteiger partial charge is 0.120 e. The first-order valence-electron chi connectivity index (χ1n) is 6.40. The lowest BCUT2D eigenvalue weighted by Crippen LogP contribution is -2.07. The molecule has 2 aromatic carbocycles. The van der Waals surface area contributed by atoms with E-state index in [9.17, 15) is 5.11 Å². The van der Waals surface area contributed by atoms with E-state index < -0.39 is 0 Å². The van der Waals surface area contributed by atoms with Crippen molar-refractivity contribution >= 4 is 28.9 Å². The first-order valence-corrected chi connectivity index (χ1v) is 7.15. The molecule has 0 aliphatic carbocycles. The Morgan fingerprint density at radius 1 is 1.05 bits per heavy atom. The van der Waals surface area contributed by atoms with Gasteiger partial charge in [-0.05, 0) is 44.5 Å². The van der Waals surface area contributed by atoms with Gasteiger partial charge in [0.1, 0.15) is 5.75 Å². The number of rotatable bonds is 3. The SMILES string of the molecule is Cc1ccc(O)c(C(C)Nc2cc(Cl)c(C)cc2Cl)c1. The monoisotopic (exact) mass is 309 g/mol. The van der Waals surface area contributed by atoms with Crippen molar-refractivity contribution in [2.45, 2.75) is 26.8 Å². The van der Waals surface area contributed by atoms with Crippen molar-refractivity contribution in [3.63, 3.8) is 0 Å². The fourth-order valence-electron chi connectivity index (χ4n) is 2.09. The summed E-state index contributed by atoms with van der Waals surface area (Å²) in [4.78, 5) is 0. The summed E-state index contributed by atoms with van der Waals surface area (Å²) in [5.74, 6) is 0.268. The molecule has 106 valence electrons. The van der Waals surface area contributed by atoms with Gasteiger partial charge in [-0.1, -0.05) is 40.9 Å². The third-order valence-electron chi connectivity index (χ3n) is 3.27. The van der Waals surface area contributed by atoms with Gasteiger partial charge < -0.3 is 10.4 Å². The van der Waals surface area contributed by atoms with Gasteiger partial charge in [-0.25, -0.2) is 0 Å². The van der Waals surface area contributed by atoms with Crippen LogP contribution in [0.5, 0.6) is 5.75 Å². The molecule has 2 N–H and O–H groups in total. The maximum absolute atomic E-state index is 9.95. The Hall–Kier alpha value is -1.38. The molecule has 0 aliphatic heterocycles. The number of anilines is 1. The summed E-state index contributed by atoms with van der Waals surface area (Å²) in [5.41, 5.74) is 3.63. The zero-order valence-electron chi connectivity index (χ0n) is 11.7. The summed E-state index contributed by atoms with van der Waals surface area (Å²) in [6.45, 7) is 5.87. The summed E-state index contributed by atoms with van der Waals surface area (Å²) in [6, 6.07) is 9.09. The third-order valence-corrected chi connectivity index (χ3v) is 3.99. The molecule has 0 radical (unpaired) electrons. The largest absolute Gasteiger partial charge is 0.508 e. The number of benzene rings is 2. The molecule has 2 rings (SSSR count). The number of nitrogens with one attached hydrogen (secondary N) is 1. The Morgan fingerprint density at radius 2 is 1.75 bits per heavy atom. The number of hydrogen-bond acceptors (Lipinski definition) is 2. The molecular formula is C16H17Cl2NO. The van der Waals surface area contributed by atoms with E-state index in [4.69, 9.17) is 23.2 Å². The maximum atomic E-state index is 9.95. The van der Waals surface area contributed by atoms with E-state index in [0.29, 0.717) is 10.0 Å². The normalized spacial score (nSPS) is 12.2. The van der Waals surface area contributed by atoms with Crippen molar-refractivity contribution in [2.75, 3.05) is 5.32 Å². The lowest BCUT2D eigenvalue weighted by molar-refractivity contribution is 0.465. The summed E-state index contributed by atoms with van der Waals surface area (Å²) in [5, 5.41) is 14.5. The van der Waals surface area contributed by atoms with Crippen LogP contribution in [0, 0.1) is 13.8 Å². The van der Waals surface area contributed by atoms with E-state index in [2.05, 4.69) is 5.32 Å². The molecule has 20 heavy (non-hydrogen) atoms. The first kappa shape index (κ1) is 15.0. The molecule has 0 saturated heterocycles. The van der Waals surface area contributed by atoms with Crippen molar-refractivity contribution in [1.29, 1.82) is 0 Å². The summed E-state index contributed by atoms with van der Waals surface area (Å²) in [7, 11) is 0. The highest BCUT2D eigenvalue weighted by Gasteiger charge is 2.13. The topological polar surface area (TPSA) is 32.3 Å². The van der Waals surface area contributed by atoms with Gasteiger partial charge >= 0.3 is 0 Å². The third kappa shape index (κ3) is 3.20. The predicted octanol–water partition coefficient (Wildman–Crippen LogP) is 5.49. The van der Waals surface area contributed by atoms with Crippen LogP contribution in [-0.2, 0) is 0 Å². The fourth-order valence-corrected chi connectivity index (χ4v) is 2.53. The van der Waals surface area contributed by atoms with E-state index in [1.54, 1.807) is 6.07 Å². The Balaban J connectivity index is 2.30. The molecule has 4 heteroatoms. The zero-order chi connectivity index (χ0) is 14.9. The van der Waals surface area contributed by atoms with Crippen molar-refractivity contribution < 1.29 is 5.11 Å². The molecule has 1 atom stereocenters. The van der Waals surface area contributed by atoms with Crippen LogP contribution in [-0.4, -0.2) is 5.11 Å². The number of aromatic hydroxyl groups is 1. The highest BCUT2D eigenvalue weighted by atomic mass is 35.5. The minimum atomic E-state index is -0.0776. The molecule has 2 aromatic rings. The van der Waals surface area contributed by atoms with Crippen LogP contribution in [0.25, 0.3) is 0 Å². The van der Waals surface area contributed by atoms with Crippen LogP contribution >= 0.6 is 23.2 Å². The van der Waals surface area contributed by atoms with Crippen molar-refractivity contribution in [2.24, 2.45) is 0 Å². The molecule has 2 nitrogen and oxygen atoms in total. The molecule has 1 unspecified atom stereocenters. The van der Waals surface area contributed by atoms with Crippen LogP contribution in [0.2, 0.25) is 10.0 Å². The highest BCUT2D eigenvalue weighted by Crippen LogP contribution is 2.33. The number of aryl methyl sites for hydroxylation is 2. The van der Waals surface area contributed by atoms with E-state index in [0.717, 1.165) is 22.4 Å². The van der Waals surface area contributed by atoms with E-state index in [1.807, 2.05) is 45.0 Å². The minimum Gasteiger partial charge on any atom is -0.508 e. The zero-order valence-corrected chi connectivity index (χ0v) is 13.2. The first-order chi connectivity index (χ1) is 9.38. The number of phenolic OH excluding ortho intramolecular Hbond substituents is 1. The van der Waals surface area contributed by atoms with Gasteiger partial charge in [0.15, 0.2) is 0 Å². The second kappa shape index (κ2) is 5.94. The van der Waals surface area contributed by atoms with Crippen LogP contribution in [0.4, 0.5) is 5.69 Å². The van der Waals surface area contributed by atoms with E-state index >= 15 is 0 Å². The Labute approximate surface area is 129 Å². The molecular weight excluding hydrogens is 293 g/mol. The van der Waals surface area contributed by atoms with Crippen molar-refractivity contribution in [3.05, 3.63) is 57.1 Å². The van der Waals surface area contributed by atoms with Gasteiger partial charge in [0.2, 0.25) is 0 Å². The van der Waals surface area contributed by atoms with Crippen LogP contribution in [0.1, 0.15) is 29.7 Å². The number of hydrogen-bond donors (Lipinski definition) is 2. The lowest BCUT2D eigenvalue weighted by atomic mass is 10.0. The minimum absolute atomic E-state index is 0.0776. The van der Waals surface area contributed by atoms with Crippen molar-refractivity contribution in [1.82, 2.24) is 0 Å². The van der Waals surface area contributed by atoms with Crippen LogP contribution in [0.3, 0.4) is 0 Å². The molecule has 0 aliphatic rings. The number of halogens is 2. The van der Waals surface area contributed by atoms with Crippen LogP contribution < -0.4 is 5.32 Å². The second-order valence-corrected chi connectivity index (χ2v) is 5.82. The van der Waals surface area contributed by atoms with E-state index in [1.165, 1.54) is 0 Å². The average molecular weight is 310 g/mol. The predicted molar refractivity (Wildman–Crippen MR) is 86.1 cm³/mol. The van der Waals surface area contributed by atoms with Crippen molar-refractivity contribution in [3.8, 4) is 5.75 Å². The van der Waals surface area contributed by atoms with Gasteiger partial charge in [-0.2, -0.15) is 0 Å². The molecule has 0 saturated carbocycles. The Bertz CT molecular complexity index is 641. The van der Waals surface area contributed by atoms with Gasteiger partial charge in [-0.15, -0.1) is 0 Å². The summed E-state index contributed by atoms with van der Waals surface area (Å²) >= 11 is 12.3. The standard InChI is InChI=1S/C16H17Cl2NO/c1-9-4-5-16(20)12(6-9)11(3)19-15-8-13(17)10(2)7-14(15)18/h4-8,11,19-20H,1-3H3. The maximum Gasteiger partial charge on any atom is 0.120 e. The van der Waals surface area contributed by atoms with E-state index in [-0.39, 0.29) is 11.8 Å².